The lowest BCUT2D eigenvalue weighted by molar-refractivity contribution is 0.302. The van der Waals surface area contributed by atoms with Gasteiger partial charge in [0.15, 0.2) is 0 Å². The Kier molecular flexibility index (Phi) is 6.26. The molecule has 0 aliphatic heterocycles. The van der Waals surface area contributed by atoms with E-state index in [1.807, 2.05) is 6.07 Å². The van der Waals surface area contributed by atoms with Gasteiger partial charge in [-0.2, -0.15) is 0 Å². The third-order valence-electron chi connectivity index (χ3n) is 4.56. The van der Waals surface area contributed by atoms with Gasteiger partial charge in [-0.05, 0) is 42.5 Å². The number of hydrogen-bond donors (Lipinski definition) is 4. The molecule has 1 aliphatic rings. The van der Waals surface area contributed by atoms with E-state index < -0.39 is 0 Å². The second-order valence-corrected chi connectivity index (χ2v) is 7.17. The normalized spacial score (nSPS) is 12.9. The molecule has 1 fully saturated rings. The molecule has 1 aromatic carbocycles. The maximum Gasteiger partial charge on any atom is 0.276 e. The van der Waals surface area contributed by atoms with Crippen molar-refractivity contribution < 1.29 is 4.74 Å². The molecule has 1 aliphatic carbocycles. The maximum absolute atomic E-state index is 12.5. The molecule has 0 atom stereocenters. The third kappa shape index (κ3) is 4.15. The number of H-pyrrole nitrogens is 1. The third-order valence-corrected chi connectivity index (χ3v) is 5.30. The lowest BCUT2D eigenvalue weighted by Gasteiger charge is -2.22. The fraction of sp³-hybridized carbons (Fsp3) is 0.316. The number of benzene rings is 1. The summed E-state index contributed by atoms with van der Waals surface area (Å²) in [6, 6.07) is 5.27. The molecule has 1 heterocycles. The largest absolute Gasteiger partial charge is 0.494 e. The number of anilines is 2. The molecule has 2 aromatic rings. The van der Waals surface area contributed by atoms with Crippen molar-refractivity contribution in [1.29, 1.82) is 5.41 Å². The van der Waals surface area contributed by atoms with E-state index in [9.17, 15) is 4.79 Å². The molecule has 0 bridgehead atoms. The highest BCUT2D eigenvalue weighted by atomic mass is 35.5. The lowest BCUT2D eigenvalue weighted by atomic mass is 9.89. The minimum atomic E-state index is -0.372. The van der Waals surface area contributed by atoms with E-state index in [-0.39, 0.29) is 28.6 Å². The number of aromatic amines is 1. The first-order valence-electron chi connectivity index (χ1n) is 8.79. The molecule has 0 saturated heterocycles. The Morgan fingerprint density at radius 1 is 1.32 bits per heavy atom. The van der Waals surface area contributed by atoms with Gasteiger partial charge in [0.05, 0.1) is 17.2 Å². The van der Waals surface area contributed by atoms with Crippen molar-refractivity contribution in [3.63, 3.8) is 0 Å². The number of nitrogens with one attached hydrogen (secondary N) is 4. The maximum atomic E-state index is 12.5. The van der Waals surface area contributed by atoms with E-state index in [0.29, 0.717) is 22.3 Å². The van der Waals surface area contributed by atoms with Gasteiger partial charge in [-0.25, -0.2) is 4.98 Å². The van der Waals surface area contributed by atoms with Crippen molar-refractivity contribution >= 4 is 40.5 Å². The first-order valence-corrected chi connectivity index (χ1v) is 9.55. The molecule has 3 rings (SSSR count). The number of hydrogen-bond acceptors (Lipinski definition) is 6. The first-order chi connectivity index (χ1) is 13.4. The quantitative estimate of drug-likeness (QED) is 0.396. The number of aromatic nitrogens is 2. The van der Waals surface area contributed by atoms with Gasteiger partial charge in [0.2, 0.25) is 5.95 Å². The van der Waals surface area contributed by atoms with E-state index >= 15 is 0 Å². The van der Waals surface area contributed by atoms with E-state index in [1.165, 1.54) is 7.11 Å². The van der Waals surface area contributed by atoms with Crippen molar-refractivity contribution in [2.45, 2.75) is 25.8 Å². The standard InChI is InChI=1S/C19H21Cl2N5O2/c1-23-16-15(14(22)17(28-2)11-4-3-5-11)25-19(26-18(16)27)24-9-10-6-7-12(20)13(21)8-10/h6-8,22-23H,3-5,9H2,1-2H3,(H2,24,25,26,27). The van der Waals surface area contributed by atoms with Crippen LogP contribution in [0.2, 0.25) is 10.0 Å². The molecule has 4 N–H and O–H groups in total. The Hall–Kier alpha value is -2.51. The lowest BCUT2D eigenvalue weighted by Crippen LogP contribution is -2.23. The van der Waals surface area contributed by atoms with Crippen LogP contribution in [0.5, 0.6) is 0 Å². The van der Waals surface area contributed by atoms with Crippen LogP contribution in [0.4, 0.5) is 11.6 Å². The zero-order valence-corrected chi connectivity index (χ0v) is 17.1. The van der Waals surface area contributed by atoms with Crippen LogP contribution in [-0.2, 0) is 11.3 Å². The average Bonchev–Trinajstić information content (AvgIpc) is 2.64. The molecule has 28 heavy (non-hydrogen) atoms. The molecule has 0 spiro atoms. The summed E-state index contributed by atoms with van der Waals surface area (Å²) in [6.07, 6.45) is 2.87. The molecular formula is C19H21Cl2N5O2. The molecule has 0 unspecified atom stereocenters. The Labute approximate surface area is 172 Å². The van der Waals surface area contributed by atoms with Gasteiger partial charge in [0.25, 0.3) is 5.56 Å². The van der Waals surface area contributed by atoms with Crippen molar-refractivity contribution in [3.05, 3.63) is 61.2 Å². The van der Waals surface area contributed by atoms with Crippen molar-refractivity contribution in [2.24, 2.45) is 0 Å². The molecule has 7 nitrogen and oxygen atoms in total. The van der Waals surface area contributed by atoms with E-state index in [2.05, 4.69) is 20.6 Å². The van der Waals surface area contributed by atoms with E-state index in [4.69, 9.17) is 33.3 Å². The number of nitrogens with zero attached hydrogens (tertiary/aromatic N) is 1. The summed E-state index contributed by atoms with van der Waals surface area (Å²) < 4.78 is 5.43. The number of methoxy groups -OCH3 is 1. The number of halogens is 2. The minimum Gasteiger partial charge on any atom is -0.494 e. The zero-order chi connectivity index (χ0) is 20.3. The SMILES string of the molecule is CNc1c(C(=N)C(OC)=C2CCC2)nc(NCc2ccc(Cl)c(Cl)c2)[nH]c1=O. The minimum absolute atomic E-state index is 0.0882. The molecule has 1 saturated carbocycles. The summed E-state index contributed by atoms with van der Waals surface area (Å²) in [5, 5.41) is 15.4. The number of ether oxygens (including phenoxy) is 1. The van der Waals surface area contributed by atoms with Crippen LogP contribution < -0.4 is 16.2 Å². The Bertz CT molecular complexity index is 994. The second-order valence-electron chi connectivity index (χ2n) is 6.36. The molecule has 9 heteroatoms. The Balaban J connectivity index is 1.90. The van der Waals surface area contributed by atoms with Gasteiger partial charge in [0.1, 0.15) is 22.9 Å². The van der Waals surface area contributed by atoms with Crippen LogP contribution in [0, 0.1) is 5.41 Å². The van der Waals surface area contributed by atoms with Gasteiger partial charge < -0.3 is 15.4 Å². The van der Waals surface area contributed by atoms with Crippen LogP contribution >= 0.6 is 23.2 Å². The summed E-state index contributed by atoms with van der Waals surface area (Å²) in [6.45, 7) is 0.379. The fourth-order valence-electron chi connectivity index (χ4n) is 2.92. The zero-order valence-electron chi connectivity index (χ0n) is 15.6. The van der Waals surface area contributed by atoms with E-state index in [0.717, 1.165) is 30.4 Å². The molecule has 0 radical (unpaired) electrons. The molecular weight excluding hydrogens is 401 g/mol. The highest BCUT2D eigenvalue weighted by Gasteiger charge is 2.24. The van der Waals surface area contributed by atoms with Gasteiger partial charge in [-0.3, -0.25) is 15.2 Å². The number of allylic oxidation sites excluding steroid dienone is 2. The second kappa shape index (κ2) is 8.67. The van der Waals surface area contributed by atoms with Crippen LogP contribution in [0.25, 0.3) is 0 Å². The van der Waals surface area contributed by atoms with Gasteiger partial charge in [-0.15, -0.1) is 0 Å². The predicted molar refractivity (Wildman–Crippen MR) is 113 cm³/mol. The fourth-order valence-corrected chi connectivity index (χ4v) is 3.24. The van der Waals surface area contributed by atoms with E-state index in [1.54, 1.807) is 19.2 Å². The van der Waals surface area contributed by atoms with Crippen LogP contribution in [-0.4, -0.2) is 29.8 Å². The first kappa shape index (κ1) is 20.2. The van der Waals surface area contributed by atoms with Gasteiger partial charge in [0, 0.05) is 13.6 Å². The highest BCUT2D eigenvalue weighted by molar-refractivity contribution is 6.42. The molecule has 1 aromatic heterocycles. The molecule has 0 amide bonds. The Morgan fingerprint density at radius 3 is 2.64 bits per heavy atom. The topological polar surface area (TPSA) is 103 Å². The number of rotatable bonds is 7. The van der Waals surface area contributed by atoms with Gasteiger partial charge in [-0.1, -0.05) is 29.3 Å². The predicted octanol–water partition coefficient (Wildman–Crippen LogP) is 4.18. The monoisotopic (exact) mass is 421 g/mol. The summed E-state index contributed by atoms with van der Waals surface area (Å²) in [5.74, 6) is 0.736. The summed E-state index contributed by atoms with van der Waals surface area (Å²) in [4.78, 5) is 19.6. The smallest absolute Gasteiger partial charge is 0.276 e. The summed E-state index contributed by atoms with van der Waals surface area (Å²) in [7, 11) is 3.15. The van der Waals surface area contributed by atoms with Crippen LogP contribution in [0.1, 0.15) is 30.5 Å². The van der Waals surface area contributed by atoms with Crippen LogP contribution in [0.15, 0.2) is 34.3 Å². The summed E-state index contributed by atoms with van der Waals surface area (Å²) in [5.41, 5.74) is 2.12. The Morgan fingerprint density at radius 2 is 2.07 bits per heavy atom. The molecule has 148 valence electrons. The van der Waals surface area contributed by atoms with Crippen molar-refractivity contribution in [3.8, 4) is 0 Å². The van der Waals surface area contributed by atoms with Crippen molar-refractivity contribution in [2.75, 3.05) is 24.8 Å². The van der Waals surface area contributed by atoms with Crippen molar-refractivity contribution in [1.82, 2.24) is 9.97 Å². The van der Waals surface area contributed by atoms with Gasteiger partial charge >= 0.3 is 0 Å². The average molecular weight is 422 g/mol. The van der Waals surface area contributed by atoms with Crippen LogP contribution in [0.3, 0.4) is 0 Å². The highest BCUT2D eigenvalue weighted by Crippen LogP contribution is 2.31. The summed E-state index contributed by atoms with van der Waals surface area (Å²) >= 11 is 12.0.